The molecule has 0 aromatic carbocycles. The Labute approximate surface area is 177 Å². The molecule has 0 spiro atoms. The van der Waals surface area contributed by atoms with E-state index < -0.39 is 34.6 Å². The molecule has 0 amide bonds. The maximum atomic E-state index is 6.24. The summed E-state index contributed by atoms with van der Waals surface area (Å²) in [7, 11) is -2.77. The van der Waals surface area contributed by atoms with E-state index in [9.17, 15) is 0 Å². The molecule has 0 saturated carbocycles. The lowest BCUT2D eigenvalue weighted by atomic mass is 10.6. The second-order valence-corrected chi connectivity index (χ2v) is 21.9. The first-order chi connectivity index (χ1) is 13.3. The Balaban J connectivity index is 3.56. The average Bonchev–Trinajstić information content (AvgIpc) is 2.67. The molecule has 12 heteroatoms. The van der Waals surface area contributed by atoms with Crippen LogP contribution in [0.1, 0.15) is 53.4 Å². The summed E-state index contributed by atoms with van der Waals surface area (Å²) in [6, 6.07) is 3.80. The lowest BCUT2D eigenvalue weighted by Gasteiger charge is -2.52. The van der Waals surface area contributed by atoms with E-state index in [1.54, 1.807) is 0 Å². The number of hydrogen-bond acceptors (Lipinski definition) is 8. The van der Waals surface area contributed by atoms with Crippen molar-refractivity contribution in [2.24, 2.45) is 0 Å². The summed E-state index contributed by atoms with van der Waals surface area (Å²) in [6.07, 6.45) is 4.12. The molecule has 0 unspecified atom stereocenters. The lowest BCUT2D eigenvalue weighted by molar-refractivity contribution is 0.313. The molecule has 0 aliphatic carbocycles. The Morgan fingerprint density at radius 2 is 0.607 bits per heavy atom. The highest BCUT2D eigenvalue weighted by atomic mass is 28.5. The van der Waals surface area contributed by atoms with Crippen LogP contribution in [0.2, 0.25) is 24.2 Å². The fourth-order valence-corrected chi connectivity index (χ4v) is 28.7. The van der Waals surface area contributed by atoms with Crippen molar-refractivity contribution in [2.45, 2.75) is 77.6 Å². The van der Waals surface area contributed by atoms with Crippen LogP contribution in [0, 0.1) is 0 Å². The van der Waals surface area contributed by atoms with Gasteiger partial charge in [-0.25, -0.2) is 0 Å². The van der Waals surface area contributed by atoms with Gasteiger partial charge in [-0.2, -0.15) is 0 Å². The lowest BCUT2D eigenvalue weighted by Crippen LogP contribution is -2.93. The monoisotopic (exact) mass is 468 g/mol. The molecule has 1 saturated heterocycles. The fraction of sp³-hybridized carbons (Fsp3) is 1.00. The summed E-state index contributed by atoms with van der Waals surface area (Å²) in [5.41, 5.74) is 0. The minimum absolute atomic E-state index is 0.950. The zero-order chi connectivity index (χ0) is 21.3. The molecule has 1 rings (SSSR count). The SMILES string of the molecule is CCC[Si]1(OC)N[Si](CCC)(OC)N[Si](CCC)(OC)N[Si](CCC)(OC)N1. The summed E-state index contributed by atoms with van der Waals surface area (Å²) in [4.78, 5) is 0. The van der Waals surface area contributed by atoms with Gasteiger partial charge in [-0.15, -0.1) is 0 Å². The molecule has 168 valence electrons. The number of hydrogen-bond donors (Lipinski definition) is 4. The van der Waals surface area contributed by atoms with Crippen LogP contribution in [0.5, 0.6) is 0 Å². The standard InChI is InChI=1S/C16H44N4O4Si4/c1-9-13-25(21-5)17-26(22-6,14-10-2)19-28(24-8,16-12-4)20-27(18-25,23-7)15-11-3/h17-20H,9-16H2,1-8H3. The van der Waals surface area contributed by atoms with Gasteiger partial charge in [0.25, 0.3) is 0 Å². The van der Waals surface area contributed by atoms with Crippen molar-refractivity contribution in [1.29, 1.82) is 0 Å². The van der Waals surface area contributed by atoms with E-state index in [-0.39, 0.29) is 0 Å². The largest absolute Gasteiger partial charge is 0.396 e. The molecule has 0 atom stereocenters. The van der Waals surface area contributed by atoms with Crippen LogP contribution in [-0.2, 0) is 17.7 Å². The quantitative estimate of drug-likeness (QED) is 0.325. The van der Waals surface area contributed by atoms with Gasteiger partial charge in [-0.05, 0) is 24.2 Å². The Kier molecular flexibility index (Phi) is 11.2. The summed E-state index contributed by atoms with van der Waals surface area (Å²) in [5.74, 6) is 0. The average molecular weight is 469 g/mol. The van der Waals surface area contributed by atoms with Crippen LogP contribution in [0.15, 0.2) is 0 Å². The van der Waals surface area contributed by atoms with Gasteiger partial charge in [0, 0.05) is 28.4 Å². The first kappa shape index (κ1) is 26.6. The molecule has 0 aromatic heterocycles. The van der Waals surface area contributed by atoms with Crippen LogP contribution < -0.4 is 18.6 Å². The van der Waals surface area contributed by atoms with Crippen LogP contribution >= 0.6 is 0 Å². The highest BCUT2D eigenvalue weighted by molar-refractivity contribution is 7.01. The third-order valence-electron chi connectivity index (χ3n) is 5.42. The van der Waals surface area contributed by atoms with Gasteiger partial charge in [-0.1, -0.05) is 53.4 Å². The number of rotatable bonds is 12. The summed E-state index contributed by atoms with van der Waals surface area (Å²) in [6.45, 7) is 8.81. The normalized spacial score (nSPS) is 36.9. The summed E-state index contributed by atoms with van der Waals surface area (Å²) in [5, 5.41) is 0. The summed E-state index contributed by atoms with van der Waals surface area (Å²) < 4.78 is 40.8. The molecule has 28 heavy (non-hydrogen) atoms. The molecule has 1 fully saturated rings. The Bertz CT molecular complexity index is 376. The zero-order valence-electron chi connectivity index (χ0n) is 19.3. The van der Waals surface area contributed by atoms with Crippen molar-refractivity contribution in [3.8, 4) is 0 Å². The molecule has 1 aliphatic heterocycles. The van der Waals surface area contributed by atoms with E-state index in [4.69, 9.17) is 17.7 Å². The second-order valence-electron chi connectivity index (χ2n) is 7.62. The highest BCUT2D eigenvalue weighted by Gasteiger charge is 2.60. The smallest absolute Gasteiger partial charge is 0.343 e. The molecule has 0 aromatic rings. The van der Waals surface area contributed by atoms with Gasteiger partial charge < -0.3 is 17.7 Å². The van der Waals surface area contributed by atoms with E-state index in [0.717, 1.165) is 49.9 Å². The van der Waals surface area contributed by atoms with Gasteiger partial charge in [0.2, 0.25) is 0 Å². The molecule has 8 nitrogen and oxygen atoms in total. The van der Waals surface area contributed by atoms with Gasteiger partial charge >= 0.3 is 34.6 Å². The molecule has 0 bridgehead atoms. The maximum Gasteiger partial charge on any atom is 0.343 e. The summed E-state index contributed by atoms with van der Waals surface area (Å²) >= 11 is 0. The Hall–Kier alpha value is 0.548. The Morgan fingerprint density at radius 1 is 0.429 bits per heavy atom. The maximum absolute atomic E-state index is 6.24. The fourth-order valence-electron chi connectivity index (χ4n) is 4.15. The van der Waals surface area contributed by atoms with Gasteiger partial charge in [-0.3, -0.25) is 18.6 Å². The molecular weight excluding hydrogens is 425 g/mol. The van der Waals surface area contributed by atoms with Crippen molar-refractivity contribution in [3.05, 3.63) is 0 Å². The van der Waals surface area contributed by atoms with E-state index in [1.165, 1.54) is 0 Å². The van der Waals surface area contributed by atoms with E-state index in [1.807, 2.05) is 28.4 Å². The van der Waals surface area contributed by atoms with Crippen LogP contribution in [0.3, 0.4) is 0 Å². The first-order valence-electron chi connectivity index (χ1n) is 10.7. The second kappa shape index (κ2) is 11.8. The topological polar surface area (TPSA) is 85.0 Å². The van der Waals surface area contributed by atoms with Crippen molar-refractivity contribution < 1.29 is 17.7 Å². The van der Waals surface area contributed by atoms with E-state index in [0.29, 0.717) is 0 Å². The van der Waals surface area contributed by atoms with Gasteiger partial charge in [0.05, 0.1) is 0 Å². The molecule has 4 N–H and O–H groups in total. The highest BCUT2D eigenvalue weighted by Crippen LogP contribution is 2.25. The first-order valence-corrected chi connectivity index (χ1v) is 19.2. The van der Waals surface area contributed by atoms with E-state index in [2.05, 4.69) is 46.3 Å². The zero-order valence-corrected chi connectivity index (χ0v) is 23.3. The van der Waals surface area contributed by atoms with Crippen molar-refractivity contribution in [1.82, 2.24) is 18.6 Å². The third-order valence-corrected chi connectivity index (χ3v) is 25.9. The van der Waals surface area contributed by atoms with Gasteiger partial charge in [0.15, 0.2) is 0 Å². The third kappa shape index (κ3) is 6.28. The van der Waals surface area contributed by atoms with Gasteiger partial charge in [0.1, 0.15) is 0 Å². The van der Waals surface area contributed by atoms with Crippen molar-refractivity contribution in [3.63, 3.8) is 0 Å². The minimum Gasteiger partial charge on any atom is -0.396 e. The molecular formula is C16H44N4O4Si4. The predicted molar refractivity (Wildman–Crippen MR) is 124 cm³/mol. The van der Waals surface area contributed by atoms with Crippen molar-refractivity contribution >= 4 is 34.6 Å². The van der Waals surface area contributed by atoms with Crippen LogP contribution in [0.4, 0.5) is 0 Å². The van der Waals surface area contributed by atoms with Crippen LogP contribution in [0.25, 0.3) is 0 Å². The van der Waals surface area contributed by atoms with Crippen molar-refractivity contribution in [2.75, 3.05) is 28.4 Å². The van der Waals surface area contributed by atoms with Crippen LogP contribution in [-0.4, -0.2) is 63.0 Å². The molecule has 1 heterocycles. The van der Waals surface area contributed by atoms with E-state index >= 15 is 0 Å². The molecule has 0 radical (unpaired) electrons. The number of nitrogens with one attached hydrogen (secondary N) is 4. The molecule has 1 aliphatic rings. The predicted octanol–water partition coefficient (Wildman–Crippen LogP) is 2.34. The Morgan fingerprint density at radius 3 is 0.714 bits per heavy atom. The minimum atomic E-state index is -2.51.